The molecule has 0 amide bonds. The minimum atomic E-state index is -1.20. The molecule has 3 atom stereocenters. The number of hydrogen-bond donors (Lipinski definition) is 0. The number of fused-ring (bicyclic) bond motifs is 2. The number of carbonyl (C=O) groups excluding carboxylic acids is 2. The molecular formula is C15H20O4. The molecule has 0 heterocycles. The van der Waals surface area contributed by atoms with E-state index >= 15 is 0 Å². The summed E-state index contributed by atoms with van der Waals surface area (Å²) in [6, 6.07) is 0. The molecule has 0 N–H and O–H groups in total. The van der Waals surface area contributed by atoms with Crippen molar-refractivity contribution in [1.82, 2.24) is 0 Å². The second-order valence-corrected chi connectivity index (χ2v) is 5.62. The summed E-state index contributed by atoms with van der Waals surface area (Å²) in [6.07, 6.45) is 1.86. The molecule has 2 bridgehead atoms. The van der Waals surface area contributed by atoms with E-state index in [1.165, 1.54) is 13.2 Å². The van der Waals surface area contributed by atoms with Gasteiger partial charge in [-0.2, -0.15) is 0 Å². The van der Waals surface area contributed by atoms with Crippen molar-refractivity contribution in [2.45, 2.75) is 20.3 Å². The van der Waals surface area contributed by atoms with Gasteiger partial charge >= 0.3 is 5.97 Å². The van der Waals surface area contributed by atoms with Gasteiger partial charge in [0.1, 0.15) is 5.76 Å². The minimum absolute atomic E-state index is 0.0364. The van der Waals surface area contributed by atoms with Crippen molar-refractivity contribution in [2.75, 3.05) is 14.2 Å². The number of ketones is 1. The zero-order valence-electron chi connectivity index (χ0n) is 11.9. The van der Waals surface area contributed by atoms with Gasteiger partial charge in [0, 0.05) is 12.0 Å². The number of hydrogen-bond acceptors (Lipinski definition) is 4. The van der Waals surface area contributed by atoms with Crippen LogP contribution in [0.1, 0.15) is 20.3 Å². The summed E-state index contributed by atoms with van der Waals surface area (Å²) < 4.78 is 10.2. The van der Waals surface area contributed by atoms with Gasteiger partial charge in [0.05, 0.1) is 14.2 Å². The summed E-state index contributed by atoms with van der Waals surface area (Å²) in [5.41, 5.74) is -0.524. The highest BCUT2D eigenvalue weighted by atomic mass is 16.5. The zero-order valence-corrected chi connectivity index (χ0v) is 11.9. The summed E-state index contributed by atoms with van der Waals surface area (Å²) in [6.45, 7) is 8.19. The SMILES string of the molecule is C=C1C(C(C)C)[C@@H]2C[C@]1(C(=O)OC)C(=O)C=C2OC. The van der Waals surface area contributed by atoms with E-state index in [1.54, 1.807) is 7.11 Å². The van der Waals surface area contributed by atoms with Crippen LogP contribution in [0.5, 0.6) is 0 Å². The summed E-state index contributed by atoms with van der Waals surface area (Å²) in [5.74, 6) is 0.282. The van der Waals surface area contributed by atoms with E-state index in [2.05, 4.69) is 20.4 Å². The molecule has 2 rings (SSSR count). The van der Waals surface area contributed by atoms with Crippen molar-refractivity contribution < 1.29 is 19.1 Å². The summed E-state index contributed by atoms with van der Waals surface area (Å²) in [4.78, 5) is 24.6. The average molecular weight is 264 g/mol. The summed E-state index contributed by atoms with van der Waals surface area (Å²) in [7, 11) is 2.87. The maximum atomic E-state index is 12.4. The Labute approximate surface area is 113 Å². The third kappa shape index (κ3) is 1.66. The number of esters is 1. The molecular weight excluding hydrogens is 244 g/mol. The highest BCUT2D eigenvalue weighted by Crippen LogP contribution is 2.58. The second-order valence-electron chi connectivity index (χ2n) is 5.62. The Kier molecular flexibility index (Phi) is 3.29. The highest BCUT2D eigenvalue weighted by molar-refractivity contribution is 6.13. The topological polar surface area (TPSA) is 52.6 Å². The number of carbonyl (C=O) groups is 2. The third-order valence-electron chi connectivity index (χ3n) is 4.46. The summed E-state index contributed by atoms with van der Waals surface area (Å²) in [5, 5.41) is 0. The predicted molar refractivity (Wildman–Crippen MR) is 70.1 cm³/mol. The van der Waals surface area contributed by atoms with Crippen molar-refractivity contribution >= 4 is 11.8 Å². The lowest BCUT2D eigenvalue weighted by Gasteiger charge is -2.28. The van der Waals surface area contributed by atoms with Gasteiger partial charge in [-0.15, -0.1) is 0 Å². The van der Waals surface area contributed by atoms with Gasteiger partial charge in [-0.1, -0.05) is 20.4 Å². The molecule has 0 spiro atoms. The van der Waals surface area contributed by atoms with E-state index in [-0.39, 0.29) is 23.5 Å². The van der Waals surface area contributed by atoms with E-state index in [4.69, 9.17) is 9.47 Å². The Morgan fingerprint density at radius 3 is 2.58 bits per heavy atom. The van der Waals surface area contributed by atoms with Crippen LogP contribution in [0.3, 0.4) is 0 Å². The van der Waals surface area contributed by atoms with Crippen molar-refractivity contribution in [3.8, 4) is 0 Å². The van der Waals surface area contributed by atoms with E-state index in [1.807, 2.05) is 0 Å². The molecule has 0 aromatic heterocycles. The first-order valence-corrected chi connectivity index (χ1v) is 6.47. The molecule has 4 nitrogen and oxygen atoms in total. The van der Waals surface area contributed by atoms with E-state index in [9.17, 15) is 9.59 Å². The molecule has 19 heavy (non-hydrogen) atoms. The Bertz CT molecular complexity index is 475. The molecule has 0 radical (unpaired) electrons. The maximum absolute atomic E-state index is 12.4. The van der Waals surface area contributed by atoms with E-state index in [0.29, 0.717) is 17.8 Å². The molecule has 104 valence electrons. The van der Waals surface area contributed by atoms with E-state index in [0.717, 1.165) is 0 Å². The van der Waals surface area contributed by atoms with Crippen LogP contribution in [0.4, 0.5) is 0 Å². The second kappa shape index (κ2) is 4.51. The Hall–Kier alpha value is -1.58. The molecule has 0 aromatic rings. The molecule has 0 aromatic carbocycles. The van der Waals surface area contributed by atoms with Crippen LogP contribution in [-0.2, 0) is 19.1 Å². The first-order chi connectivity index (χ1) is 8.90. The van der Waals surface area contributed by atoms with Gasteiger partial charge in [-0.3, -0.25) is 9.59 Å². The fourth-order valence-corrected chi connectivity index (χ4v) is 3.58. The lowest BCUT2D eigenvalue weighted by Crippen LogP contribution is -2.40. The minimum Gasteiger partial charge on any atom is -0.501 e. The molecule has 0 aliphatic heterocycles. The largest absolute Gasteiger partial charge is 0.501 e. The molecule has 4 heteroatoms. The quantitative estimate of drug-likeness (QED) is 0.445. The Balaban J connectivity index is 2.57. The van der Waals surface area contributed by atoms with Crippen molar-refractivity contribution in [3.63, 3.8) is 0 Å². The van der Waals surface area contributed by atoms with Crippen molar-refractivity contribution in [3.05, 3.63) is 24.0 Å². The number of methoxy groups -OCH3 is 2. The third-order valence-corrected chi connectivity index (χ3v) is 4.46. The van der Waals surface area contributed by atoms with Crippen LogP contribution >= 0.6 is 0 Å². The average Bonchev–Trinajstić information content (AvgIpc) is 2.65. The monoisotopic (exact) mass is 264 g/mol. The Morgan fingerprint density at radius 1 is 1.47 bits per heavy atom. The zero-order chi connectivity index (χ0) is 14.4. The lowest BCUT2D eigenvalue weighted by molar-refractivity contribution is -0.154. The molecule has 1 unspecified atom stereocenters. The van der Waals surface area contributed by atoms with Gasteiger partial charge in [0.25, 0.3) is 0 Å². The summed E-state index contributed by atoms with van der Waals surface area (Å²) >= 11 is 0. The van der Waals surface area contributed by atoms with E-state index < -0.39 is 11.4 Å². The van der Waals surface area contributed by atoms with Crippen LogP contribution < -0.4 is 0 Å². The van der Waals surface area contributed by atoms with Crippen LogP contribution in [0.15, 0.2) is 24.0 Å². The van der Waals surface area contributed by atoms with Crippen molar-refractivity contribution in [2.24, 2.45) is 23.2 Å². The fraction of sp³-hybridized carbons (Fsp3) is 0.600. The van der Waals surface area contributed by atoms with Gasteiger partial charge in [-0.25, -0.2) is 0 Å². The molecule has 2 aliphatic carbocycles. The normalized spacial score (nSPS) is 33.4. The van der Waals surface area contributed by atoms with Crippen LogP contribution in [0.2, 0.25) is 0 Å². The molecule has 1 fully saturated rings. The number of rotatable bonds is 3. The smallest absolute Gasteiger partial charge is 0.323 e. The van der Waals surface area contributed by atoms with Crippen LogP contribution in [0, 0.1) is 23.2 Å². The van der Waals surface area contributed by atoms with Crippen LogP contribution in [-0.4, -0.2) is 26.0 Å². The fourth-order valence-electron chi connectivity index (χ4n) is 3.58. The first kappa shape index (κ1) is 13.8. The van der Waals surface area contributed by atoms with Gasteiger partial charge < -0.3 is 9.47 Å². The lowest BCUT2D eigenvalue weighted by atomic mass is 9.75. The van der Waals surface area contributed by atoms with Gasteiger partial charge in [-0.05, 0) is 23.8 Å². The van der Waals surface area contributed by atoms with Gasteiger partial charge in [0.2, 0.25) is 0 Å². The molecule has 2 aliphatic rings. The molecule has 0 saturated heterocycles. The first-order valence-electron chi connectivity index (χ1n) is 6.47. The Morgan fingerprint density at radius 2 is 2.11 bits per heavy atom. The standard InChI is InChI=1S/C15H20O4/c1-8(2)13-9(3)15(14(17)19-5)7-10(13)11(18-4)6-12(15)16/h6,8,10,13H,3,7H2,1-2,4-5H3/t10-,13?,15-/m1/s1. The predicted octanol–water partition coefficient (Wildman–Crippen LogP) is 2.11. The van der Waals surface area contributed by atoms with Gasteiger partial charge in [0.15, 0.2) is 11.2 Å². The molecule has 1 saturated carbocycles. The maximum Gasteiger partial charge on any atom is 0.323 e. The van der Waals surface area contributed by atoms with Crippen LogP contribution in [0.25, 0.3) is 0 Å². The highest BCUT2D eigenvalue weighted by Gasteiger charge is 2.62. The number of ether oxygens (including phenoxy) is 2. The number of allylic oxidation sites excluding steroid dienone is 2. The van der Waals surface area contributed by atoms with Crippen molar-refractivity contribution in [1.29, 1.82) is 0 Å².